The van der Waals surface area contributed by atoms with Crippen LogP contribution in [-0.4, -0.2) is 61.7 Å². The number of rotatable bonds is 4. The van der Waals surface area contributed by atoms with Gasteiger partial charge >= 0.3 is 5.97 Å². The van der Waals surface area contributed by atoms with E-state index >= 15 is 0 Å². The number of hydrogen-bond acceptors (Lipinski definition) is 6. The van der Waals surface area contributed by atoms with Gasteiger partial charge in [0, 0.05) is 18.3 Å². The van der Waals surface area contributed by atoms with Gasteiger partial charge in [-0.25, -0.2) is 0 Å². The second-order valence-electron chi connectivity index (χ2n) is 7.98. The number of anilines is 1. The molecule has 8 nitrogen and oxygen atoms in total. The van der Waals surface area contributed by atoms with E-state index in [0.29, 0.717) is 35.4 Å². The molecule has 32 heavy (non-hydrogen) atoms. The highest BCUT2D eigenvalue weighted by Gasteiger charge is 2.39. The number of methoxy groups -OCH3 is 1. The van der Waals surface area contributed by atoms with Crippen molar-refractivity contribution in [3.8, 4) is 5.75 Å². The monoisotopic (exact) mass is 438 g/mol. The first-order valence-corrected chi connectivity index (χ1v) is 10.6. The van der Waals surface area contributed by atoms with Crippen LogP contribution >= 0.6 is 0 Å². The zero-order valence-electron chi connectivity index (χ0n) is 18.1. The minimum atomic E-state index is -0.349. The van der Waals surface area contributed by atoms with Crippen molar-refractivity contribution in [2.75, 3.05) is 26.1 Å². The molecule has 0 bridgehead atoms. The van der Waals surface area contributed by atoms with Crippen molar-refractivity contribution in [3.05, 3.63) is 59.7 Å². The summed E-state index contributed by atoms with van der Waals surface area (Å²) < 4.78 is 16.8. The molecule has 1 fully saturated rings. The Balaban J connectivity index is 1.52. The Kier molecular flexibility index (Phi) is 6.41. The molecule has 1 saturated heterocycles. The average Bonchev–Trinajstić information content (AvgIpc) is 2.82. The molecule has 2 amide bonds. The Labute approximate surface area is 186 Å². The highest BCUT2D eigenvalue weighted by atomic mass is 16.5. The number of fused-ring (bicyclic) bond motifs is 2. The van der Waals surface area contributed by atoms with Gasteiger partial charge in [-0.3, -0.25) is 14.4 Å². The van der Waals surface area contributed by atoms with Crippen molar-refractivity contribution in [1.29, 1.82) is 0 Å². The van der Waals surface area contributed by atoms with Crippen molar-refractivity contribution < 1.29 is 28.6 Å². The van der Waals surface area contributed by atoms with Gasteiger partial charge in [-0.05, 0) is 43.2 Å². The van der Waals surface area contributed by atoms with E-state index in [0.717, 1.165) is 0 Å². The summed E-state index contributed by atoms with van der Waals surface area (Å²) in [4.78, 5) is 39.0. The first-order chi connectivity index (χ1) is 15.5. The number of benzene rings is 2. The minimum absolute atomic E-state index is 0.174. The summed E-state index contributed by atoms with van der Waals surface area (Å²) in [6.07, 6.45) is 0.910. The van der Waals surface area contributed by atoms with Crippen LogP contribution in [0.2, 0.25) is 0 Å². The maximum Gasteiger partial charge on any atom is 0.308 e. The molecule has 0 saturated carbocycles. The molecule has 2 heterocycles. The van der Waals surface area contributed by atoms with Gasteiger partial charge in [-0.15, -0.1) is 0 Å². The summed E-state index contributed by atoms with van der Waals surface area (Å²) in [6, 6.07) is 13.7. The van der Waals surface area contributed by atoms with E-state index in [1.165, 1.54) is 7.11 Å². The van der Waals surface area contributed by atoms with E-state index < -0.39 is 0 Å². The lowest BCUT2D eigenvalue weighted by Gasteiger charge is -2.42. The first kappa shape index (κ1) is 21.8. The minimum Gasteiger partial charge on any atom is -0.490 e. The molecule has 4 rings (SSSR count). The lowest BCUT2D eigenvalue weighted by Crippen LogP contribution is -2.53. The Morgan fingerprint density at radius 1 is 1.16 bits per heavy atom. The summed E-state index contributed by atoms with van der Waals surface area (Å²) >= 11 is 0. The zero-order valence-corrected chi connectivity index (χ0v) is 18.1. The molecule has 2 aliphatic rings. The van der Waals surface area contributed by atoms with E-state index in [1.807, 2.05) is 6.07 Å². The second-order valence-corrected chi connectivity index (χ2v) is 7.98. The summed E-state index contributed by atoms with van der Waals surface area (Å²) in [5.74, 6) is -0.354. The number of esters is 1. The highest BCUT2D eigenvalue weighted by Crippen LogP contribution is 2.32. The van der Waals surface area contributed by atoms with Gasteiger partial charge in [0.1, 0.15) is 18.5 Å². The van der Waals surface area contributed by atoms with Gasteiger partial charge in [-0.2, -0.15) is 0 Å². The topological polar surface area (TPSA) is 94.2 Å². The van der Waals surface area contributed by atoms with Crippen LogP contribution in [0.1, 0.15) is 40.0 Å². The lowest BCUT2D eigenvalue weighted by molar-refractivity contribution is -0.151. The fourth-order valence-electron chi connectivity index (χ4n) is 4.17. The van der Waals surface area contributed by atoms with E-state index in [4.69, 9.17) is 14.2 Å². The van der Waals surface area contributed by atoms with Crippen LogP contribution in [0.15, 0.2) is 48.5 Å². The maximum absolute atomic E-state index is 13.3. The quantitative estimate of drug-likeness (QED) is 0.738. The predicted molar refractivity (Wildman–Crippen MR) is 117 cm³/mol. The molecule has 2 aromatic carbocycles. The molecule has 2 aliphatic heterocycles. The number of nitrogens with zero attached hydrogens (tertiary/aromatic N) is 1. The zero-order chi connectivity index (χ0) is 22.7. The first-order valence-electron chi connectivity index (χ1n) is 10.6. The average molecular weight is 438 g/mol. The van der Waals surface area contributed by atoms with Crippen LogP contribution in [0, 0.1) is 0 Å². The number of amides is 2. The van der Waals surface area contributed by atoms with Gasteiger partial charge in [0.15, 0.2) is 0 Å². The fraction of sp³-hybridized carbons (Fsp3) is 0.375. The van der Waals surface area contributed by atoms with E-state index in [2.05, 4.69) is 5.32 Å². The van der Waals surface area contributed by atoms with Crippen LogP contribution in [-0.2, 0) is 14.3 Å². The molecule has 0 aliphatic carbocycles. The third kappa shape index (κ3) is 4.60. The van der Waals surface area contributed by atoms with Crippen molar-refractivity contribution in [2.24, 2.45) is 0 Å². The molecule has 0 spiro atoms. The van der Waals surface area contributed by atoms with E-state index in [-0.39, 0.29) is 49.1 Å². The smallest absolute Gasteiger partial charge is 0.308 e. The van der Waals surface area contributed by atoms with Gasteiger partial charge < -0.3 is 24.4 Å². The Morgan fingerprint density at radius 2 is 1.94 bits per heavy atom. The summed E-state index contributed by atoms with van der Waals surface area (Å²) in [5, 5.41) is 2.83. The fourth-order valence-corrected chi connectivity index (χ4v) is 4.17. The number of likely N-dealkylation sites (N-methyl/N-ethyl adjacent to an activating group) is 1. The van der Waals surface area contributed by atoms with Crippen molar-refractivity contribution in [1.82, 2.24) is 4.90 Å². The van der Waals surface area contributed by atoms with Crippen LogP contribution < -0.4 is 10.1 Å². The molecule has 2 aromatic rings. The molecule has 8 heteroatoms. The van der Waals surface area contributed by atoms with Crippen LogP contribution in [0.3, 0.4) is 0 Å². The van der Waals surface area contributed by atoms with E-state index in [1.54, 1.807) is 54.4 Å². The Hall–Kier alpha value is -3.39. The van der Waals surface area contributed by atoms with Gasteiger partial charge in [-0.1, -0.05) is 18.2 Å². The van der Waals surface area contributed by atoms with Crippen molar-refractivity contribution >= 4 is 23.5 Å². The van der Waals surface area contributed by atoms with Crippen LogP contribution in [0.4, 0.5) is 5.69 Å². The normalized spacial score (nSPS) is 22.5. The summed E-state index contributed by atoms with van der Waals surface area (Å²) in [7, 11) is 3.10. The van der Waals surface area contributed by atoms with Crippen molar-refractivity contribution in [2.45, 2.75) is 37.5 Å². The number of nitrogens with one attached hydrogen (secondary N) is 1. The number of carbonyl (C=O) groups excluding carboxylic acids is 3. The van der Waals surface area contributed by atoms with Crippen LogP contribution in [0.25, 0.3) is 0 Å². The maximum atomic E-state index is 13.3. The number of carbonyl (C=O) groups is 3. The van der Waals surface area contributed by atoms with Gasteiger partial charge in [0.25, 0.3) is 11.8 Å². The molecule has 0 aromatic heterocycles. The molecular weight excluding hydrogens is 412 g/mol. The molecule has 168 valence electrons. The number of hydrogen-bond donors (Lipinski definition) is 1. The largest absolute Gasteiger partial charge is 0.490 e. The predicted octanol–water partition coefficient (Wildman–Crippen LogP) is 2.88. The highest BCUT2D eigenvalue weighted by molar-refractivity contribution is 6.05. The summed E-state index contributed by atoms with van der Waals surface area (Å²) in [6.45, 7) is 0.253. The van der Waals surface area contributed by atoms with Crippen LogP contribution in [0.5, 0.6) is 5.75 Å². The van der Waals surface area contributed by atoms with Gasteiger partial charge in [0.05, 0.1) is 31.2 Å². The molecule has 3 atom stereocenters. The molecular formula is C24H26N2O6. The van der Waals surface area contributed by atoms with Crippen molar-refractivity contribution in [3.63, 3.8) is 0 Å². The number of ether oxygens (including phenoxy) is 3. The standard InChI is InChI=1S/C24H26N2O6/c1-26-19-10-9-17(13-22(27)30-2)32-21(19)14-31-20-11-8-16(12-18(20)24(26)29)25-23(28)15-6-4-3-5-7-15/h3-8,11-12,17,19,21H,9-10,13-14H2,1-2H3,(H,25,28)/t17-,19-,21+/m0/s1. The lowest BCUT2D eigenvalue weighted by atomic mass is 9.94. The molecule has 1 N–H and O–H groups in total. The second kappa shape index (κ2) is 9.40. The SMILES string of the molecule is COC(=O)C[C@@H]1CC[C@H]2[C@@H](COc3ccc(NC(=O)c4ccccc4)cc3C(=O)N2C)O1. The van der Waals surface area contributed by atoms with E-state index in [9.17, 15) is 14.4 Å². The van der Waals surface area contributed by atoms with Gasteiger partial charge in [0.2, 0.25) is 0 Å². The molecule has 0 radical (unpaired) electrons. The Bertz CT molecular complexity index is 1010. The third-order valence-electron chi connectivity index (χ3n) is 5.93. The Morgan fingerprint density at radius 3 is 2.69 bits per heavy atom. The molecule has 0 unspecified atom stereocenters. The third-order valence-corrected chi connectivity index (χ3v) is 5.93. The summed E-state index contributed by atoms with van der Waals surface area (Å²) in [5.41, 5.74) is 1.43.